The summed E-state index contributed by atoms with van der Waals surface area (Å²) in [6, 6.07) is 40.3. The lowest BCUT2D eigenvalue weighted by Gasteiger charge is -2.42. The molecule has 6 rings (SSSR count). The molecule has 5 atom stereocenters. The fraction of sp³-hybridized carbons (Fsp3) is 0.265. The molecule has 1 saturated heterocycles. The van der Waals surface area contributed by atoms with E-state index >= 15 is 0 Å². The van der Waals surface area contributed by atoms with Crippen LogP contribution in [-0.2, 0) is 43.5 Å². The lowest BCUT2D eigenvalue weighted by atomic mass is 9.97. The van der Waals surface area contributed by atoms with Crippen LogP contribution in [0, 0.1) is 0 Å². The van der Waals surface area contributed by atoms with Crippen molar-refractivity contribution >= 4 is 5.90 Å². The molecule has 0 saturated carbocycles. The molecule has 1 fully saturated rings. The molecule has 2 aliphatic heterocycles. The average molecular weight is 536 g/mol. The second-order valence-electron chi connectivity index (χ2n) is 9.97. The fourth-order valence-electron chi connectivity index (χ4n) is 5.05. The van der Waals surface area contributed by atoms with Crippen LogP contribution in [0.25, 0.3) is 0 Å². The summed E-state index contributed by atoms with van der Waals surface area (Å²) in [5, 5.41) is 0. The third-order valence-electron chi connectivity index (χ3n) is 7.09. The van der Waals surface area contributed by atoms with Gasteiger partial charge in [-0.1, -0.05) is 109 Å². The molecule has 0 unspecified atom stereocenters. The van der Waals surface area contributed by atoms with Crippen molar-refractivity contribution in [1.82, 2.24) is 0 Å². The Labute approximate surface area is 235 Å². The monoisotopic (exact) mass is 535 g/mol. The molecule has 6 heteroatoms. The summed E-state index contributed by atoms with van der Waals surface area (Å²) in [4.78, 5) is 4.84. The van der Waals surface area contributed by atoms with E-state index in [9.17, 15) is 0 Å². The van der Waals surface area contributed by atoms with Gasteiger partial charge in [0.1, 0.15) is 18.3 Å². The number of ether oxygens (including phenoxy) is 5. The van der Waals surface area contributed by atoms with Crippen molar-refractivity contribution in [3.05, 3.63) is 144 Å². The zero-order chi connectivity index (χ0) is 27.0. The molecular weight excluding hydrogens is 502 g/mol. The number of hydrogen-bond acceptors (Lipinski definition) is 6. The summed E-state index contributed by atoms with van der Waals surface area (Å²) < 4.78 is 32.3. The summed E-state index contributed by atoms with van der Waals surface area (Å²) in [7, 11) is 0. The molecular formula is C34H33NO5. The largest absolute Gasteiger partial charge is 0.466 e. The Hall–Kier alpha value is -3.81. The molecule has 204 valence electrons. The molecule has 0 aromatic heterocycles. The van der Waals surface area contributed by atoms with Crippen LogP contribution in [0.3, 0.4) is 0 Å². The number of aliphatic imine (C=N–C) groups is 1. The lowest BCUT2D eigenvalue weighted by Crippen LogP contribution is -2.59. The van der Waals surface area contributed by atoms with Gasteiger partial charge in [-0.2, -0.15) is 0 Å². The van der Waals surface area contributed by atoms with Crippen LogP contribution in [-0.4, -0.2) is 43.1 Å². The molecule has 0 amide bonds. The third kappa shape index (κ3) is 6.49. The maximum Gasteiger partial charge on any atom is 0.219 e. The van der Waals surface area contributed by atoms with Crippen LogP contribution in [0.1, 0.15) is 22.3 Å². The maximum atomic E-state index is 6.60. The smallest absolute Gasteiger partial charge is 0.219 e. The Morgan fingerprint density at radius 1 is 0.575 bits per heavy atom. The highest BCUT2D eigenvalue weighted by atomic mass is 16.6. The lowest BCUT2D eigenvalue weighted by molar-refractivity contribution is -0.249. The van der Waals surface area contributed by atoms with Crippen molar-refractivity contribution in [2.45, 2.75) is 50.5 Å². The first-order valence-electron chi connectivity index (χ1n) is 13.7. The van der Waals surface area contributed by atoms with E-state index in [2.05, 4.69) is 24.3 Å². The third-order valence-corrected chi connectivity index (χ3v) is 7.09. The first kappa shape index (κ1) is 26.4. The van der Waals surface area contributed by atoms with E-state index in [1.165, 1.54) is 0 Å². The first-order valence-corrected chi connectivity index (χ1v) is 13.7. The number of benzene rings is 4. The van der Waals surface area contributed by atoms with Gasteiger partial charge < -0.3 is 23.7 Å². The second-order valence-corrected chi connectivity index (χ2v) is 9.97. The zero-order valence-corrected chi connectivity index (χ0v) is 22.3. The molecule has 0 radical (unpaired) electrons. The number of rotatable bonds is 11. The molecule has 4 aromatic rings. The molecule has 0 spiro atoms. The van der Waals surface area contributed by atoms with Crippen LogP contribution in [0.5, 0.6) is 0 Å². The summed E-state index contributed by atoms with van der Waals surface area (Å²) in [5.41, 5.74) is 4.15. The second kappa shape index (κ2) is 13.0. The quantitative estimate of drug-likeness (QED) is 0.238. The van der Waals surface area contributed by atoms with Gasteiger partial charge >= 0.3 is 0 Å². The van der Waals surface area contributed by atoms with E-state index in [0.29, 0.717) is 32.3 Å². The molecule has 2 heterocycles. The van der Waals surface area contributed by atoms with Gasteiger partial charge in [-0.05, 0) is 28.8 Å². The van der Waals surface area contributed by atoms with Gasteiger partial charge in [-0.25, -0.2) is 4.99 Å². The highest BCUT2D eigenvalue weighted by Gasteiger charge is 2.52. The topological polar surface area (TPSA) is 58.5 Å². The van der Waals surface area contributed by atoms with Crippen LogP contribution in [0.2, 0.25) is 0 Å². The highest BCUT2D eigenvalue weighted by molar-refractivity contribution is 5.95. The normalized spacial score (nSPS) is 23.7. The minimum absolute atomic E-state index is 0.332. The Morgan fingerprint density at radius 2 is 1.07 bits per heavy atom. The maximum absolute atomic E-state index is 6.60. The van der Waals surface area contributed by atoms with Gasteiger partial charge in [0.25, 0.3) is 0 Å². The number of hydrogen-bond donors (Lipinski definition) is 0. The molecule has 0 N–H and O–H groups in total. The van der Waals surface area contributed by atoms with E-state index in [1.54, 1.807) is 0 Å². The van der Waals surface area contributed by atoms with Crippen LogP contribution in [0.4, 0.5) is 0 Å². The van der Waals surface area contributed by atoms with Crippen molar-refractivity contribution < 1.29 is 23.7 Å². The van der Waals surface area contributed by atoms with Gasteiger partial charge in [0.15, 0.2) is 12.3 Å². The van der Waals surface area contributed by atoms with E-state index in [0.717, 1.165) is 22.3 Å². The zero-order valence-electron chi connectivity index (χ0n) is 22.3. The Morgan fingerprint density at radius 3 is 1.65 bits per heavy atom. The minimum Gasteiger partial charge on any atom is -0.466 e. The van der Waals surface area contributed by atoms with E-state index in [4.69, 9.17) is 28.7 Å². The summed E-state index contributed by atoms with van der Waals surface area (Å²) in [6.45, 7) is 1.64. The fourth-order valence-corrected chi connectivity index (χ4v) is 5.05. The molecule has 40 heavy (non-hydrogen) atoms. The molecule has 0 bridgehead atoms. The molecule has 4 aromatic carbocycles. The van der Waals surface area contributed by atoms with Crippen molar-refractivity contribution in [2.24, 2.45) is 4.99 Å². The highest BCUT2D eigenvalue weighted by Crippen LogP contribution is 2.34. The van der Waals surface area contributed by atoms with Crippen LogP contribution >= 0.6 is 0 Å². The number of nitrogens with zero attached hydrogens (tertiary/aromatic N) is 1. The van der Waals surface area contributed by atoms with Gasteiger partial charge in [0.05, 0.1) is 26.4 Å². The predicted octanol–water partition coefficient (Wildman–Crippen LogP) is 5.94. The van der Waals surface area contributed by atoms with Gasteiger partial charge in [-0.3, -0.25) is 0 Å². The van der Waals surface area contributed by atoms with Crippen molar-refractivity contribution in [1.29, 1.82) is 0 Å². The molecule has 0 aliphatic carbocycles. The van der Waals surface area contributed by atoms with Crippen molar-refractivity contribution in [3.63, 3.8) is 0 Å². The van der Waals surface area contributed by atoms with E-state index in [1.807, 2.05) is 97.1 Å². The first-order chi connectivity index (χ1) is 19.8. The van der Waals surface area contributed by atoms with Crippen molar-refractivity contribution in [3.8, 4) is 0 Å². The summed E-state index contributed by atoms with van der Waals surface area (Å²) in [5.74, 6) is 0.552. The van der Waals surface area contributed by atoms with Gasteiger partial charge in [0.2, 0.25) is 5.90 Å². The SMILES string of the molecule is c1ccc(COC[C@H]2O[C@@H]3N=C(c4ccccc4)O[C@@H]3[C@@H](OCc3ccccc3)[C@H]2OCc2ccccc2)cc1. The predicted molar refractivity (Wildman–Crippen MR) is 153 cm³/mol. The van der Waals surface area contributed by atoms with E-state index < -0.39 is 30.6 Å². The van der Waals surface area contributed by atoms with Gasteiger partial charge in [-0.15, -0.1) is 0 Å². The Kier molecular flexibility index (Phi) is 8.60. The van der Waals surface area contributed by atoms with Crippen molar-refractivity contribution in [2.75, 3.05) is 6.61 Å². The van der Waals surface area contributed by atoms with E-state index in [-0.39, 0.29) is 0 Å². The summed E-state index contributed by atoms with van der Waals surface area (Å²) in [6.07, 6.45) is -2.26. The molecule has 2 aliphatic rings. The Balaban J connectivity index is 1.25. The van der Waals surface area contributed by atoms with Crippen LogP contribution in [0.15, 0.2) is 126 Å². The number of fused-ring (bicyclic) bond motifs is 1. The summed E-state index contributed by atoms with van der Waals surface area (Å²) >= 11 is 0. The average Bonchev–Trinajstić information content (AvgIpc) is 3.45. The molecule has 6 nitrogen and oxygen atoms in total. The Bertz CT molecular complexity index is 1350. The van der Waals surface area contributed by atoms with Crippen LogP contribution < -0.4 is 0 Å². The van der Waals surface area contributed by atoms with Gasteiger partial charge in [0, 0.05) is 5.56 Å². The minimum atomic E-state index is -0.530. The standard InChI is InChI=1S/C34H33NO5/c1-5-13-25(14-6-1)21-36-24-29-30(37-22-26-15-7-2-8-16-26)31(38-23-27-17-9-3-10-18-27)32-34(39-29)35-33(40-32)28-19-11-4-12-20-28/h1-20,29-32,34H,21-24H2/t29-,30+,31+,32-,34+/m1/s1.